The standard InChI is InChI=1S/C21H30O2/c1-19(2)9-5-10-20(3)17(19)8-11-21(4)18(20)13-14-12-15(22)6-7-16(14)23-21/h6-7,12,17-18,22H,5,8-11,13H2,1-4H3/t17-,18+,20-,21-/m1/s1. The quantitative estimate of drug-likeness (QED) is 0.701. The molecule has 3 aliphatic rings. The first kappa shape index (κ1) is 15.4. The fraction of sp³-hybridized carbons (Fsp3) is 0.714. The van der Waals surface area contributed by atoms with Crippen LogP contribution in [0.25, 0.3) is 0 Å². The molecule has 1 N–H and O–H groups in total. The van der Waals surface area contributed by atoms with Gasteiger partial charge in [-0.05, 0) is 79.5 Å². The van der Waals surface area contributed by atoms with Crippen molar-refractivity contribution in [2.75, 3.05) is 0 Å². The van der Waals surface area contributed by atoms with Crippen molar-refractivity contribution in [3.8, 4) is 11.5 Å². The lowest BCUT2D eigenvalue weighted by atomic mass is 9.44. The minimum absolute atomic E-state index is 0.0529. The molecular weight excluding hydrogens is 284 g/mol. The zero-order valence-electron chi connectivity index (χ0n) is 15.0. The van der Waals surface area contributed by atoms with Crippen molar-refractivity contribution in [3.05, 3.63) is 23.8 Å². The van der Waals surface area contributed by atoms with Crippen molar-refractivity contribution in [3.63, 3.8) is 0 Å². The van der Waals surface area contributed by atoms with Crippen LogP contribution < -0.4 is 4.74 Å². The molecule has 2 saturated carbocycles. The van der Waals surface area contributed by atoms with Crippen molar-refractivity contribution in [1.82, 2.24) is 0 Å². The Hall–Kier alpha value is -1.18. The third-order valence-corrected chi connectivity index (χ3v) is 7.55. The largest absolute Gasteiger partial charge is 0.508 e. The summed E-state index contributed by atoms with van der Waals surface area (Å²) in [7, 11) is 0. The predicted octanol–water partition coefficient (Wildman–Crippen LogP) is 5.33. The zero-order chi connectivity index (χ0) is 16.5. The molecule has 1 aromatic carbocycles. The number of hydrogen-bond acceptors (Lipinski definition) is 2. The highest BCUT2D eigenvalue weighted by Gasteiger charge is 2.60. The summed E-state index contributed by atoms with van der Waals surface area (Å²) in [5, 5.41) is 9.87. The summed E-state index contributed by atoms with van der Waals surface area (Å²) in [6, 6.07) is 5.61. The molecule has 1 heterocycles. The lowest BCUT2D eigenvalue weighted by Gasteiger charge is -2.63. The average molecular weight is 314 g/mol. The molecule has 4 rings (SSSR count). The molecule has 1 aliphatic heterocycles. The fourth-order valence-corrected chi connectivity index (χ4v) is 6.47. The predicted molar refractivity (Wildman–Crippen MR) is 92.8 cm³/mol. The van der Waals surface area contributed by atoms with E-state index in [9.17, 15) is 5.11 Å². The second-order valence-corrected chi connectivity index (χ2v) is 9.40. The molecule has 0 unspecified atom stereocenters. The van der Waals surface area contributed by atoms with Gasteiger partial charge >= 0.3 is 0 Å². The van der Waals surface area contributed by atoms with Gasteiger partial charge in [0.25, 0.3) is 0 Å². The second kappa shape index (κ2) is 4.68. The number of ether oxygens (including phenoxy) is 1. The lowest BCUT2D eigenvalue weighted by molar-refractivity contribution is -0.162. The summed E-state index contributed by atoms with van der Waals surface area (Å²) in [5.41, 5.74) is 1.92. The first-order chi connectivity index (χ1) is 10.7. The van der Waals surface area contributed by atoms with Crippen LogP contribution in [-0.2, 0) is 6.42 Å². The van der Waals surface area contributed by atoms with Crippen LogP contribution in [0.2, 0.25) is 0 Å². The Labute approximate surface area is 140 Å². The van der Waals surface area contributed by atoms with Gasteiger partial charge in [-0.25, -0.2) is 0 Å². The smallest absolute Gasteiger partial charge is 0.123 e. The van der Waals surface area contributed by atoms with E-state index < -0.39 is 0 Å². The third kappa shape index (κ3) is 2.13. The van der Waals surface area contributed by atoms with Crippen LogP contribution in [0.15, 0.2) is 18.2 Å². The Kier molecular flexibility index (Phi) is 3.12. The minimum Gasteiger partial charge on any atom is -0.508 e. The molecule has 0 saturated heterocycles. The maximum Gasteiger partial charge on any atom is 0.123 e. The number of rotatable bonds is 0. The fourth-order valence-electron chi connectivity index (χ4n) is 6.47. The van der Waals surface area contributed by atoms with E-state index in [2.05, 4.69) is 27.7 Å². The molecule has 2 nitrogen and oxygen atoms in total. The molecule has 126 valence electrons. The highest BCUT2D eigenvalue weighted by molar-refractivity contribution is 5.42. The number of hydrogen-bond donors (Lipinski definition) is 1. The van der Waals surface area contributed by atoms with Crippen LogP contribution >= 0.6 is 0 Å². The molecule has 0 bridgehead atoms. The summed E-state index contributed by atoms with van der Waals surface area (Å²) in [6.45, 7) is 9.80. The van der Waals surface area contributed by atoms with E-state index in [1.54, 1.807) is 6.07 Å². The zero-order valence-corrected chi connectivity index (χ0v) is 15.0. The maximum atomic E-state index is 9.87. The number of phenols is 1. The van der Waals surface area contributed by atoms with Gasteiger partial charge in [0.2, 0.25) is 0 Å². The highest BCUT2D eigenvalue weighted by atomic mass is 16.5. The van der Waals surface area contributed by atoms with Crippen molar-refractivity contribution in [1.29, 1.82) is 0 Å². The average Bonchev–Trinajstić information content (AvgIpc) is 2.45. The molecule has 23 heavy (non-hydrogen) atoms. The molecular formula is C21H30O2. The Morgan fingerprint density at radius 1 is 1.04 bits per heavy atom. The second-order valence-electron chi connectivity index (χ2n) is 9.40. The molecule has 0 spiro atoms. The molecule has 2 heteroatoms. The Morgan fingerprint density at radius 2 is 1.83 bits per heavy atom. The van der Waals surface area contributed by atoms with E-state index in [1.165, 1.54) is 31.2 Å². The summed E-state index contributed by atoms with van der Waals surface area (Å²) in [6.07, 6.45) is 7.49. The van der Waals surface area contributed by atoms with Crippen molar-refractivity contribution in [2.45, 2.75) is 71.8 Å². The van der Waals surface area contributed by atoms with E-state index >= 15 is 0 Å². The van der Waals surface area contributed by atoms with Crippen LogP contribution in [0.4, 0.5) is 0 Å². The molecule has 0 amide bonds. The van der Waals surface area contributed by atoms with Crippen LogP contribution in [0.3, 0.4) is 0 Å². The van der Waals surface area contributed by atoms with Crippen molar-refractivity contribution < 1.29 is 9.84 Å². The lowest BCUT2D eigenvalue weighted by Crippen LogP contribution is -2.61. The van der Waals surface area contributed by atoms with Gasteiger partial charge in [-0.3, -0.25) is 0 Å². The SMILES string of the molecule is CC1(C)CCC[C@]2(C)[C@@H]1CC[C@@]1(C)Oc3ccc(O)cc3C[C@@H]21. The van der Waals surface area contributed by atoms with Crippen LogP contribution in [-0.4, -0.2) is 10.7 Å². The van der Waals surface area contributed by atoms with Crippen LogP contribution in [0, 0.1) is 22.7 Å². The van der Waals surface area contributed by atoms with E-state index in [4.69, 9.17) is 4.74 Å². The van der Waals surface area contributed by atoms with Gasteiger partial charge in [0.1, 0.15) is 17.1 Å². The first-order valence-corrected chi connectivity index (χ1v) is 9.26. The van der Waals surface area contributed by atoms with Gasteiger partial charge in [0.05, 0.1) is 0 Å². The van der Waals surface area contributed by atoms with Crippen LogP contribution in [0.1, 0.15) is 65.4 Å². The van der Waals surface area contributed by atoms with E-state index in [1.807, 2.05) is 12.1 Å². The summed E-state index contributed by atoms with van der Waals surface area (Å²) in [5.74, 6) is 2.67. The minimum atomic E-state index is -0.0529. The Balaban J connectivity index is 1.77. The molecule has 2 fully saturated rings. The van der Waals surface area contributed by atoms with Gasteiger partial charge in [-0.2, -0.15) is 0 Å². The van der Waals surface area contributed by atoms with E-state index in [0.29, 0.717) is 22.5 Å². The number of fused-ring (bicyclic) bond motifs is 4. The number of phenolic OH excluding ortho intramolecular Hbond substituents is 1. The number of benzene rings is 1. The van der Waals surface area contributed by atoms with Gasteiger partial charge in [0, 0.05) is 5.92 Å². The Morgan fingerprint density at radius 3 is 2.61 bits per heavy atom. The maximum absolute atomic E-state index is 9.87. The highest BCUT2D eigenvalue weighted by Crippen LogP contribution is 2.64. The van der Waals surface area contributed by atoms with Gasteiger partial charge in [-0.15, -0.1) is 0 Å². The van der Waals surface area contributed by atoms with E-state index in [0.717, 1.165) is 24.5 Å². The molecule has 4 atom stereocenters. The molecule has 0 radical (unpaired) electrons. The van der Waals surface area contributed by atoms with Gasteiger partial charge in [-0.1, -0.05) is 27.2 Å². The normalized spacial score (nSPS) is 41.2. The summed E-state index contributed by atoms with van der Waals surface area (Å²) >= 11 is 0. The molecule has 0 aromatic heterocycles. The topological polar surface area (TPSA) is 29.5 Å². The molecule has 2 aliphatic carbocycles. The first-order valence-electron chi connectivity index (χ1n) is 9.26. The van der Waals surface area contributed by atoms with Gasteiger partial charge in [0.15, 0.2) is 0 Å². The van der Waals surface area contributed by atoms with E-state index in [-0.39, 0.29) is 5.60 Å². The van der Waals surface area contributed by atoms with Gasteiger partial charge < -0.3 is 9.84 Å². The van der Waals surface area contributed by atoms with Crippen molar-refractivity contribution >= 4 is 0 Å². The Bertz CT molecular complexity index is 635. The summed E-state index contributed by atoms with van der Waals surface area (Å²) in [4.78, 5) is 0. The molecule has 1 aromatic rings. The monoisotopic (exact) mass is 314 g/mol. The van der Waals surface area contributed by atoms with Crippen LogP contribution in [0.5, 0.6) is 11.5 Å². The van der Waals surface area contributed by atoms with Crippen molar-refractivity contribution in [2.24, 2.45) is 22.7 Å². The summed E-state index contributed by atoms with van der Waals surface area (Å²) < 4.78 is 6.55. The number of aromatic hydroxyl groups is 1. The third-order valence-electron chi connectivity index (χ3n) is 7.55.